The standard InChI is InChI=1S/C25H28N2O4/c1-17-8-10-19(11-9-17)25-26-21(18(2)31-25)13-16-30-23-7-3-6-22-20(23)5-4-14-27(22)15-12-24(28)29/h3,6-11H,4-5,12-16H2,1-2H3,(H,28,29). The number of carbonyl (C=O) groups is 1. The lowest BCUT2D eigenvalue weighted by molar-refractivity contribution is -0.136. The Morgan fingerprint density at radius 2 is 2.00 bits per heavy atom. The van der Waals surface area contributed by atoms with E-state index < -0.39 is 5.97 Å². The van der Waals surface area contributed by atoms with Crippen LogP contribution in [0, 0.1) is 13.8 Å². The number of hydrogen-bond acceptors (Lipinski definition) is 5. The molecule has 0 saturated carbocycles. The van der Waals surface area contributed by atoms with Gasteiger partial charge in [-0.05, 0) is 51.0 Å². The lowest BCUT2D eigenvalue weighted by atomic mass is 10.0. The van der Waals surface area contributed by atoms with Gasteiger partial charge in [0.15, 0.2) is 0 Å². The molecule has 162 valence electrons. The number of nitrogens with zero attached hydrogens (tertiary/aromatic N) is 2. The van der Waals surface area contributed by atoms with E-state index >= 15 is 0 Å². The first-order valence-corrected chi connectivity index (χ1v) is 10.8. The topological polar surface area (TPSA) is 75.8 Å². The van der Waals surface area contributed by atoms with Crippen LogP contribution in [0.25, 0.3) is 11.5 Å². The predicted molar refractivity (Wildman–Crippen MR) is 120 cm³/mol. The van der Waals surface area contributed by atoms with Crippen LogP contribution in [-0.4, -0.2) is 35.8 Å². The maximum atomic E-state index is 11.0. The van der Waals surface area contributed by atoms with Crippen LogP contribution in [0.1, 0.15) is 35.4 Å². The Bertz CT molecular complexity index is 1060. The molecule has 3 aromatic rings. The molecular formula is C25H28N2O4. The largest absolute Gasteiger partial charge is 0.493 e. The van der Waals surface area contributed by atoms with E-state index in [-0.39, 0.29) is 6.42 Å². The molecule has 0 fully saturated rings. The average molecular weight is 421 g/mol. The number of aromatic nitrogens is 1. The zero-order valence-corrected chi connectivity index (χ0v) is 18.1. The summed E-state index contributed by atoms with van der Waals surface area (Å²) in [7, 11) is 0. The van der Waals surface area contributed by atoms with E-state index in [1.165, 1.54) is 5.56 Å². The molecule has 2 aromatic carbocycles. The molecular weight excluding hydrogens is 392 g/mol. The van der Waals surface area contributed by atoms with Gasteiger partial charge in [-0.25, -0.2) is 4.98 Å². The van der Waals surface area contributed by atoms with Gasteiger partial charge in [0, 0.05) is 36.3 Å². The van der Waals surface area contributed by atoms with Crippen molar-refractivity contribution in [2.24, 2.45) is 0 Å². The maximum Gasteiger partial charge on any atom is 0.305 e. The fourth-order valence-corrected chi connectivity index (χ4v) is 4.00. The van der Waals surface area contributed by atoms with Crippen molar-refractivity contribution in [3.63, 3.8) is 0 Å². The number of hydrogen-bond donors (Lipinski definition) is 1. The highest BCUT2D eigenvalue weighted by molar-refractivity contribution is 5.68. The molecule has 0 bridgehead atoms. The Morgan fingerprint density at radius 3 is 2.77 bits per heavy atom. The first-order valence-electron chi connectivity index (χ1n) is 10.8. The molecule has 0 saturated heterocycles. The summed E-state index contributed by atoms with van der Waals surface area (Å²) in [5.74, 6) is 1.55. The predicted octanol–water partition coefficient (Wildman–Crippen LogP) is 4.81. The second kappa shape index (κ2) is 9.25. The molecule has 0 aliphatic carbocycles. The number of benzene rings is 2. The number of rotatable bonds is 8. The molecule has 6 nitrogen and oxygen atoms in total. The normalized spacial score (nSPS) is 13.2. The first-order chi connectivity index (χ1) is 15.0. The van der Waals surface area contributed by atoms with E-state index in [4.69, 9.17) is 14.3 Å². The Morgan fingerprint density at radius 1 is 1.19 bits per heavy atom. The van der Waals surface area contributed by atoms with Crippen LogP contribution in [0.4, 0.5) is 5.69 Å². The molecule has 0 amide bonds. The summed E-state index contributed by atoms with van der Waals surface area (Å²) in [5.41, 5.74) is 5.33. The van der Waals surface area contributed by atoms with Crippen LogP contribution >= 0.6 is 0 Å². The minimum Gasteiger partial charge on any atom is -0.493 e. The number of oxazole rings is 1. The number of anilines is 1. The summed E-state index contributed by atoms with van der Waals surface area (Å²) < 4.78 is 12.0. The van der Waals surface area contributed by atoms with Gasteiger partial charge in [0.1, 0.15) is 11.5 Å². The van der Waals surface area contributed by atoms with Crippen molar-refractivity contribution >= 4 is 11.7 Å². The second-order valence-electron chi connectivity index (χ2n) is 7.97. The molecule has 31 heavy (non-hydrogen) atoms. The van der Waals surface area contributed by atoms with Gasteiger partial charge >= 0.3 is 5.97 Å². The number of fused-ring (bicyclic) bond motifs is 1. The van der Waals surface area contributed by atoms with Crippen molar-refractivity contribution in [2.75, 3.05) is 24.6 Å². The number of aliphatic carboxylic acids is 1. The first kappa shape index (κ1) is 21.0. The van der Waals surface area contributed by atoms with Crippen LogP contribution in [0.5, 0.6) is 5.75 Å². The van der Waals surface area contributed by atoms with Gasteiger partial charge in [-0.15, -0.1) is 0 Å². The number of carboxylic acids is 1. The second-order valence-corrected chi connectivity index (χ2v) is 7.97. The van der Waals surface area contributed by atoms with Crippen molar-refractivity contribution in [1.82, 2.24) is 4.98 Å². The number of carboxylic acid groups (broad SMARTS) is 1. The van der Waals surface area contributed by atoms with Gasteiger partial charge in [0.25, 0.3) is 0 Å². The SMILES string of the molecule is Cc1ccc(-c2nc(CCOc3cccc4c3CCCN4CCC(=O)O)c(C)o2)cc1. The molecule has 0 unspecified atom stereocenters. The molecule has 1 aliphatic heterocycles. The average Bonchev–Trinajstić information content (AvgIpc) is 3.13. The molecule has 6 heteroatoms. The third kappa shape index (κ3) is 4.90. The van der Waals surface area contributed by atoms with Crippen molar-refractivity contribution in [2.45, 2.75) is 39.5 Å². The molecule has 4 rings (SSSR count). The minimum absolute atomic E-state index is 0.138. The minimum atomic E-state index is -0.771. The smallest absolute Gasteiger partial charge is 0.305 e. The van der Waals surface area contributed by atoms with E-state index in [2.05, 4.69) is 35.0 Å². The Hall–Kier alpha value is -3.28. The Balaban J connectivity index is 1.42. The summed E-state index contributed by atoms with van der Waals surface area (Å²) in [6.07, 6.45) is 2.73. The third-order valence-corrected chi connectivity index (χ3v) is 5.69. The van der Waals surface area contributed by atoms with Crippen LogP contribution in [-0.2, 0) is 17.6 Å². The molecule has 0 spiro atoms. The summed E-state index contributed by atoms with van der Waals surface area (Å²) in [6.45, 7) is 5.90. The Labute approximate surface area is 182 Å². The molecule has 2 heterocycles. The van der Waals surface area contributed by atoms with Gasteiger partial charge in [0.05, 0.1) is 18.7 Å². The van der Waals surface area contributed by atoms with E-state index in [0.29, 0.717) is 25.5 Å². The van der Waals surface area contributed by atoms with Crippen molar-refractivity contribution in [3.8, 4) is 17.2 Å². The number of ether oxygens (including phenoxy) is 1. The van der Waals surface area contributed by atoms with E-state index in [1.807, 2.05) is 31.2 Å². The van der Waals surface area contributed by atoms with Crippen LogP contribution in [0.2, 0.25) is 0 Å². The van der Waals surface area contributed by atoms with Crippen LogP contribution in [0.3, 0.4) is 0 Å². The van der Waals surface area contributed by atoms with E-state index in [0.717, 1.165) is 53.4 Å². The lowest BCUT2D eigenvalue weighted by Gasteiger charge is -2.32. The third-order valence-electron chi connectivity index (χ3n) is 5.69. The van der Waals surface area contributed by atoms with Crippen molar-refractivity contribution in [3.05, 3.63) is 65.0 Å². The lowest BCUT2D eigenvalue weighted by Crippen LogP contribution is -2.31. The quantitative estimate of drug-likeness (QED) is 0.564. The molecule has 1 aromatic heterocycles. The number of aryl methyl sites for hydroxylation is 2. The van der Waals surface area contributed by atoms with Crippen molar-refractivity contribution < 1.29 is 19.1 Å². The van der Waals surface area contributed by atoms with E-state index in [1.54, 1.807) is 0 Å². The summed E-state index contributed by atoms with van der Waals surface area (Å²) >= 11 is 0. The Kier molecular flexibility index (Phi) is 6.26. The highest BCUT2D eigenvalue weighted by atomic mass is 16.5. The van der Waals surface area contributed by atoms with E-state index in [9.17, 15) is 4.79 Å². The summed E-state index contributed by atoms with van der Waals surface area (Å²) in [6, 6.07) is 14.2. The zero-order chi connectivity index (χ0) is 21.8. The highest BCUT2D eigenvalue weighted by Gasteiger charge is 2.21. The summed E-state index contributed by atoms with van der Waals surface area (Å²) in [5, 5.41) is 9.02. The summed E-state index contributed by atoms with van der Waals surface area (Å²) in [4.78, 5) is 17.8. The maximum absolute atomic E-state index is 11.0. The zero-order valence-electron chi connectivity index (χ0n) is 18.1. The van der Waals surface area contributed by atoms with Gasteiger partial charge in [-0.2, -0.15) is 0 Å². The molecule has 1 aliphatic rings. The van der Waals surface area contributed by atoms with Crippen LogP contribution < -0.4 is 9.64 Å². The highest BCUT2D eigenvalue weighted by Crippen LogP contribution is 2.34. The molecule has 0 atom stereocenters. The van der Waals surface area contributed by atoms with Crippen LogP contribution in [0.15, 0.2) is 46.9 Å². The van der Waals surface area contributed by atoms with Gasteiger partial charge in [-0.3, -0.25) is 4.79 Å². The fraction of sp³-hybridized carbons (Fsp3) is 0.360. The van der Waals surface area contributed by atoms with Gasteiger partial charge in [0.2, 0.25) is 5.89 Å². The fourth-order valence-electron chi connectivity index (χ4n) is 4.00. The molecule has 0 radical (unpaired) electrons. The van der Waals surface area contributed by atoms with Gasteiger partial charge in [-0.1, -0.05) is 23.8 Å². The van der Waals surface area contributed by atoms with Gasteiger partial charge < -0.3 is 19.2 Å². The monoisotopic (exact) mass is 420 g/mol. The van der Waals surface area contributed by atoms with Crippen molar-refractivity contribution in [1.29, 1.82) is 0 Å². The molecule has 1 N–H and O–H groups in total.